The van der Waals surface area contributed by atoms with Crippen LogP contribution in [0.1, 0.15) is 13.8 Å². The number of rotatable bonds is 4. The summed E-state index contributed by atoms with van der Waals surface area (Å²) in [6.07, 6.45) is 0.163. The molecule has 4 heteroatoms. The van der Waals surface area contributed by atoms with Crippen LogP contribution in [-0.2, 0) is 13.3 Å². The molecule has 0 saturated heterocycles. The molecule has 0 aromatic carbocycles. The lowest BCUT2D eigenvalue weighted by molar-refractivity contribution is 0.0766. The van der Waals surface area contributed by atoms with Crippen molar-refractivity contribution >= 4 is 8.80 Å². The van der Waals surface area contributed by atoms with Gasteiger partial charge in [0.2, 0.25) is 0 Å². The molecule has 0 fully saturated rings. The molecular weight excluding hydrogens is 148 g/mol. The first-order valence-corrected chi connectivity index (χ1v) is 5.54. The van der Waals surface area contributed by atoms with Crippen molar-refractivity contribution in [1.82, 2.24) is 0 Å². The van der Waals surface area contributed by atoms with E-state index in [1.54, 1.807) is 14.2 Å². The van der Waals surface area contributed by atoms with E-state index < -0.39 is 8.80 Å². The van der Waals surface area contributed by atoms with Gasteiger partial charge in [0, 0.05) is 26.9 Å². The highest BCUT2D eigenvalue weighted by Crippen LogP contribution is 2.08. The van der Waals surface area contributed by atoms with Gasteiger partial charge in [0.05, 0.1) is 0 Å². The Morgan fingerprint density at radius 1 is 1.10 bits per heavy atom. The molecule has 0 rings (SSSR count). The normalized spacial score (nSPS) is 12.6. The summed E-state index contributed by atoms with van der Waals surface area (Å²) in [6.45, 7) is 5.79. The maximum Gasteiger partial charge on any atom is 0.497 e. The summed E-state index contributed by atoms with van der Waals surface area (Å²) in [5.74, 6) is 0. The molecule has 0 radical (unpaired) electrons. The van der Waals surface area contributed by atoms with Crippen molar-refractivity contribution in [2.45, 2.75) is 26.5 Å². The second-order valence-corrected chi connectivity index (χ2v) is 5.21. The molecule has 0 aliphatic carbocycles. The highest BCUT2D eigenvalue weighted by atomic mass is 28.4. The first kappa shape index (κ1) is 10.1. The van der Waals surface area contributed by atoms with Crippen molar-refractivity contribution in [2.24, 2.45) is 0 Å². The summed E-state index contributed by atoms with van der Waals surface area (Å²) in [4.78, 5) is 0. The van der Waals surface area contributed by atoms with Crippen LogP contribution in [0.15, 0.2) is 0 Å². The van der Waals surface area contributed by atoms with Crippen LogP contribution in [0, 0.1) is 0 Å². The minimum Gasteiger partial charge on any atom is -0.377 e. The van der Waals surface area contributed by atoms with Crippen LogP contribution in [0.5, 0.6) is 0 Å². The highest BCUT2D eigenvalue weighted by molar-refractivity contribution is 6.59. The van der Waals surface area contributed by atoms with E-state index in [2.05, 4.69) is 0 Å². The standard InChI is InChI=1S/C6H16O3Si/c1-6(2)9-10(5,7-3)8-4/h6H,1-5H3. The van der Waals surface area contributed by atoms with E-state index in [1.807, 2.05) is 20.4 Å². The lowest BCUT2D eigenvalue weighted by Crippen LogP contribution is -2.42. The molecule has 0 atom stereocenters. The van der Waals surface area contributed by atoms with Gasteiger partial charge in [-0.2, -0.15) is 0 Å². The molecule has 0 N–H and O–H groups in total. The van der Waals surface area contributed by atoms with Gasteiger partial charge in [0.15, 0.2) is 0 Å². The first-order chi connectivity index (χ1) is 4.54. The summed E-state index contributed by atoms with van der Waals surface area (Å²) >= 11 is 0. The minimum absolute atomic E-state index is 0.163. The van der Waals surface area contributed by atoms with Crippen LogP contribution < -0.4 is 0 Å². The Balaban J connectivity index is 3.80. The van der Waals surface area contributed by atoms with Crippen molar-refractivity contribution in [1.29, 1.82) is 0 Å². The summed E-state index contributed by atoms with van der Waals surface area (Å²) in [7, 11) is 0.958. The molecule has 62 valence electrons. The molecule has 0 aromatic rings. The zero-order valence-corrected chi connectivity index (χ0v) is 8.30. The second-order valence-electron chi connectivity index (χ2n) is 2.44. The van der Waals surface area contributed by atoms with Crippen LogP contribution in [0.25, 0.3) is 0 Å². The first-order valence-electron chi connectivity index (χ1n) is 3.32. The van der Waals surface area contributed by atoms with Crippen molar-refractivity contribution < 1.29 is 13.3 Å². The SMILES string of the molecule is CO[Si](C)(OC)OC(C)C. The van der Waals surface area contributed by atoms with Gasteiger partial charge in [0.25, 0.3) is 0 Å². The fourth-order valence-corrected chi connectivity index (χ4v) is 1.82. The minimum atomic E-state index is -2.26. The van der Waals surface area contributed by atoms with Crippen LogP contribution in [-0.4, -0.2) is 29.1 Å². The molecule has 0 bridgehead atoms. The molecule has 0 spiro atoms. The Labute approximate surface area is 63.7 Å². The number of hydrogen-bond donors (Lipinski definition) is 0. The van der Waals surface area contributed by atoms with Gasteiger partial charge in [-0.25, -0.2) is 0 Å². The van der Waals surface area contributed by atoms with E-state index in [-0.39, 0.29) is 6.10 Å². The van der Waals surface area contributed by atoms with E-state index in [0.29, 0.717) is 0 Å². The van der Waals surface area contributed by atoms with E-state index in [4.69, 9.17) is 13.3 Å². The fraction of sp³-hybridized carbons (Fsp3) is 1.00. The van der Waals surface area contributed by atoms with Crippen LogP contribution in [0.2, 0.25) is 6.55 Å². The molecule has 0 heterocycles. The average Bonchev–Trinajstić information content (AvgIpc) is 1.87. The Bertz CT molecular complexity index is 91.0. The molecule has 0 unspecified atom stereocenters. The topological polar surface area (TPSA) is 27.7 Å². The van der Waals surface area contributed by atoms with Crippen molar-refractivity contribution in [3.8, 4) is 0 Å². The summed E-state index contributed by atoms with van der Waals surface area (Å²) in [5, 5.41) is 0. The van der Waals surface area contributed by atoms with Crippen molar-refractivity contribution in [3.05, 3.63) is 0 Å². The molecule has 0 aliphatic rings. The average molecular weight is 164 g/mol. The van der Waals surface area contributed by atoms with Gasteiger partial charge >= 0.3 is 8.80 Å². The Morgan fingerprint density at radius 2 is 1.50 bits per heavy atom. The Morgan fingerprint density at radius 3 is 1.60 bits per heavy atom. The zero-order chi connectivity index (χ0) is 8.20. The molecule has 0 aromatic heterocycles. The smallest absolute Gasteiger partial charge is 0.377 e. The third-order valence-electron chi connectivity index (χ3n) is 1.19. The van der Waals surface area contributed by atoms with Gasteiger partial charge in [-0.05, 0) is 13.8 Å². The van der Waals surface area contributed by atoms with Gasteiger partial charge in [-0.3, -0.25) is 0 Å². The van der Waals surface area contributed by atoms with Gasteiger partial charge in [0.1, 0.15) is 0 Å². The van der Waals surface area contributed by atoms with Crippen LogP contribution in [0.3, 0.4) is 0 Å². The molecular formula is C6H16O3Si. The molecule has 0 aliphatic heterocycles. The van der Waals surface area contributed by atoms with Gasteiger partial charge in [-0.1, -0.05) is 0 Å². The van der Waals surface area contributed by atoms with E-state index in [9.17, 15) is 0 Å². The van der Waals surface area contributed by atoms with Crippen molar-refractivity contribution in [2.75, 3.05) is 14.2 Å². The molecule has 10 heavy (non-hydrogen) atoms. The fourth-order valence-electron chi connectivity index (χ4n) is 0.608. The predicted molar refractivity (Wildman–Crippen MR) is 41.9 cm³/mol. The van der Waals surface area contributed by atoms with Crippen LogP contribution >= 0.6 is 0 Å². The lowest BCUT2D eigenvalue weighted by Gasteiger charge is -2.24. The quantitative estimate of drug-likeness (QED) is 0.586. The monoisotopic (exact) mass is 164 g/mol. The summed E-state index contributed by atoms with van der Waals surface area (Å²) in [6, 6.07) is 0. The lowest BCUT2D eigenvalue weighted by atomic mass is 10.5. The van der Waals surface area contributed by atoms with E-state index >= 15 is 0 Å². The maximum absolute atomic E-state index is 5.43. The third kappa shape index (κ3) is 3.31. The zero-order valence-electron chi connectivity index (χ0n) is 7.30. The van der Waals surface area contributed by atoms with Crippen LogP contribution in [0.4, 0.5) is 0 Å². The van der Waals surface area contributed by atoms with Gasteiger partial charge < -0.3 is 13.3 Å². The molecule has 0 amide bonds. The van der Waals surface area contributed by atoms with E-state index in [1.165, 1.54) is 0 Å². The largest absolute Gasteiger partial charge is 0.497 e. The second kappa shape index (κ2) is 4.08. The Hall–Kier alpha value is 0.0969. The summed E-state index contributed by atoms with van der Waals surface area (Å²) in [5.41, 5.74) is 0. The highest BCUT2D eigenvalue weighted by Gasteiger charge is 2.32. The predicted octanol–water partition coefficient (Wildman–Crippen LogP) is 1.27. The molecule has 3 nitrogen and oxygen atoms in total. The maximum atomic E-state index is 5.43. The van der Waals surface area contributed by atoms with Gasteiger partial charge in [-0.15, -0.1) is 0 Å². The number of hydrogen-bond acceptors (Lipinski definition) is 3. The van der Waals surface area contributed by atoms with E-state index in [0.717, 1.165) is 0 Å². The van der Waals surface area contributed by atoms with Crippen molar-refractivity contribution in [3.63, 3.8) is 0 Å². The summed E-state index contributed by atoms with van der Waals surface area (Å²) < 4.78 is 15.6. The Kier molecular flexibility index (Phi) is 4.11. The third-order valence-corrected chi connectivity index (χ3v) is 3.57. The molecule has 0 saturated carbocycles.